The molecule has 84 valence electrons. The SMILES string of the molecule is CCCC(=O)OCC[C@H](CCC)SC. The van der Waals surface area contributed by atoms with E-state index in [4.69, 9.17) is 4.74 Å². The van der Waals surface area contributed by atoms with E-state index in [2.05, 4.69) is 13.2 Å². The average molecular weight is 218 g/mol. The van der Waals surface area contributed by atoms with Crippen LogP contribution in [0.1, 0.15) is 46.0 Å². The van der Waals surface area contributed by atoms with Gasteiger partial charge in [-0.1, -0.05) is 20.3 Å². The van der Waals surface area contributed by atoms with Crippen LogP contribution in [-0.4, -0.2) is 24.1 Å². The average Bonchev–Trinajstić information content (AvgIpc) is 2.17. The molecule has 0 heterocycles. The molecule has 0 N–H and O–H groups in total. The summed E-state index contributed by atoms with van der Waals surface area (Å²) >= 11 is 1.87. The second kappa shape index (κ2) is 9.38. The standard InChI is InChI=1S/C11H22O2S/c1-4-6-10(14-3)8-9-13-11(12)7-5-2/h10H,4-9H2,1-3H3/t10-/m0/s1. The van der Waals surface area contributed by atoms with Crippen molar-refractivity contribution in [2.24, 2.45) is 0 Å². The molecule has 0 aromatic rings. The summed E-state index contributed by atoms with van der Waals surface area (Å²) in [5.41, 5.74) is 0. The topological polar surface area (TPSA) is 26.3 Å². The Hall–Kier alpha value is -0.180. The van der Waals surface area contributed by atoms with Crippen LogP contribution < -0.4 is 0 Å². The van der Waals surface area contributed by atoms with Crippen LogP contribution in [0.5, 0.6) is 0 Å². The molecule has 0 aromatic carbocycles. The van der Waals surface area contributed by atoms with Crippen LogP contribution in [-0.2, 0) is 9.53 Å². The summed E-state index contributed by atoms with van der Waals surface area (Å²) < 4.78 is 5.11. The lowest BCUT2D eigenvalue weighted by atomic mass is 10.2. The monoisotopic (exact) mass is 218 g/mol. The van der Waals surface area contributed by atoms with Crippen LogP contribution in [0.3, 0.4) is 0 Å². The van der Waals surface area contributed by atoms with Gasteiger partial charge >= 0.3 is 5.97 Å². The van der Waals surface area contributed by atoms with Gasteiger partial charge in [0, 0.05) is 11.7 Å². The number of esters is 1. The highest BCUT2D eigenvalue weighted by atomic mass is 32.2. The number of carbonyl (C=O) groups is 1. The van der Waals surface area contributed by atoms with Crippen LogP contribution in [0.25, 0.3) is 0 Å². The number of thioether (sulfide) groups is 1. The minimum absolute atomic E-state index is 0.0520. The highest BCUT2D eigenvalue weighted by molar-refractivity contribution is 7.99. The molecule has 1 atom stereocenters. The Labute approximate surface area is 91.8 Å². The summed E-state index contributed by atoms with van der Waals surface area (Å²) in [5.74, 6) is -0.0520. The number of carbonyl (C=O) groups excluding carboxylic acids is 1. The van der Waals surface area contributed by atoms with Crippen molar-refractivity contribution in [3.63, 3.8) is 0 Å². The van der Waals surface area contributed by atoms with E-state index >= 15 is 0 Å². The lowest BCUT2D eigenvalue weighted by molar-refractivity contribution is -0.143. The highest BCUT2D eigenvalue weighted by Gasteiger charge is 2.07. The first-order valence-electron chi connectivity index (χ1n) is 5.43. The predicted molar refractivity (Wildman–Crippen MR) is 62.7 cm³/mol. The fourth-order valence-electron chi connectivity index (χ4n) is 1.28. The van der Waals surface area contributed by atoms with Crippen LogP contribution >= 0.6 is 11.8 Å². The van der Waals surface area contributed by atoms with E-state index in [1.54, 1.807) is 0 Å². The first-order valence-corrected chi connectivity index (χ1v) is 6.71. The van der Waals surface area contributed by atoms with Gasteiger partial charge < -0.3 is 4.74 Å². The molecule has 14 heavy (non-hydrogen) atoms. The second-order valence-corrected chi connectivity index (χ2v) is 4.54. The third-order valence-electron chi connectivity index (χ3n) is 2.10. The van der Waals surface area contributed by atoms with Crippen molar-refractivity contribution in [2.45, 2.75) is 51.2 Å². The Bertz CT molecular complexity index is 148. The molecule has 0 aliphatic rings. The van der Waals surface area contributed by atoms with Crippen molar-refractivity contribution < 1.29 is 9.53 Å². The summed E-state index contributed by atoms with van der Waals surface area (Å²) in [6.07, 6.45) is 6.96. The van der Waals surface area contributed by atoms with Crippen molar-refractivity contribution in [1.82, 2.24) is 0 Å². The maximum absolute atomic E-state index is 11.0. The number of rotatable bonds is 8. The molecular weight excluding hydrogens is 196 g/mol. The molecule has 0 spiro atoms. The molecule has 0 aromatic heterocycles. The summed E-state index contributed by atoms with van der Waals surface area (Å²) in [4.78, 5) is 11.0. The summed E-state index contributed by atoms with van der Waals surface area (Å²) in [6, 6.07) is 0. The quantitative estimate of drug-likeness (QED) is 0.585. The van der Waals surface area contributed by atoms with Gasteiger partial charge in [-0.2, -0.15) is 11.8 Å². The van der Waals surface area contributed by atoms with Gasteiger partial charge in [-0.05, 0) is 25.5 Å². The van der Waals surface area contributed by atoms with Gasteiger partial charge in [0.05, 0.1) is 6.61 Å². The molecule has 0 unspecified atom stereocenters. The van der Waals surface area contributed by atoms with Gasteiger partial charge in [0.15, 0.2) is 0 Å². The van der Waals surface area contributed by atoms with Gasteiger partial charge in [0.25, 0.3) is 0 Å². The Kier molecular flexibility index (Phi) is 9.26. The van der Waals surface area contributed by atoms with E-state index in [1.807, 2.05) is 18.7 Å². The molecule has 0 radical (unpaired) electrons. The largest absolute Gasteiger partial charge is 0.466 e. The van der Waals surface area contributed by atoms with Crippen molar-refractivity contribution >= 4 is 17.7 Å². The van der Waals surface area contributed by atoms with Crippen LogP contribution in [0.4, 0.5) is 0 Å². The maximum atomic E-state index is 11.0. The van der Waals surface area contributed by atoms with Crippen molar-refractivity contribution in [1.29, 1.82) is 0 Å². The van der Waals surface area contributed by atoms with Crippen LogP contribution in [0, 0.1) is 0 Å². The Morgan fingerprint density at radius 2 is 2.00 bits per heavy atom. The Morgan fingerprint density at radius 3 is 2.50 bits per heavy atom. The van der Waals surface area contributed by atoms with Gasteiger partial charge in [0.2, 0.25) is 0 Å². The third-order valence-corrected chi connectivity index (χ3v) is 3.24. The molecule has 0 aliphatic carbocycles. The molecule has 0 aliphatic heterocycles. The molecule has 0 fully saturated rings. The molecular formula is C11H22O2S. The van der Waals surface area contributed by atoms with E-state index < -0.39 is 0 Å². The summed E-state index contributed by atoms with van der Waals surface area (Å²) in [7, 11) is 0. The van der Waals surface area contributed by atoms with E-state index in [0.717, 1.165) is 12.8 Å². The summed E-state index contributed by atoms with van der Waals surface area (Å²) in [5, 5.41) is 0.648. The van der Waals surface area contributed by atoms with Gasteiger partial charge in [-0.25, -0.2) is 0 Å². The zero-order chi connectivity index (χ0) is 10.8. The Balaban J connectivity index is 3.45. The van der Waals surface area contributed by atoms with Gasteiger partial charge in [0.1, 0.15) is 0 Å². The molecule has 2 nitrogen and oxygen atoms in total. The zero-order valence-corrected chi connectivity index (χ0v) is 10.4. The Morgan fingerprint density at radius 1 is 1.29 bits per heavy atom. The van der Waals surface area contributed by atoms with Crippen molar-refractivity contribution in [2.75, 3.05) is 12.9 Å². The minimum Gasteiger partial charge on any atom is -0.466 e. The fourth-order valence-corrected chi connectivity index (χ4v) is 2.09. The van der Waals surface area contributed by atoms with Gasteiger partial charge in [-0.15, -0.1) is 0 Å². The second-order valence-electron chi connectivity index (χ2n) is 3.41. The van der Waals surface area contributed by atoms with Crippen molar-refractivity contribution in [3.05, 3.63) is 0 Å². The minimum atomic E-state index is -0.0520. The van der Waals surface area contributed by atoms with E-state index in [-0.39, 0.29) is 5.97 Å². The molecule has 0 saturated carbocycles. The highest BCUT2D eigenvalue weighted by Crippen LogP contribution is 2.16. The lowest BCUT2D eigenvalue weighted by Crippen LogP contribution is -2.10. The van der Waals surface area contributed by atoms with Crippen LogP contribution in [0.2, 0.25) is 0 Å². The maximum Gasteiger partial charge on any atom is 0.305 e. The first-order chi connectivity index (χ1) is 6.74. The third kappa shape index (κ3) is 7.25. The van der Waals surface area contributed by atoms with Gasteiger partial charge in [-0.3, -0.25) is 4.79 Å². The lowest BCUT2D eigenvalue weighted by Gasteiger charge is -2.12. The number of ether oxygens (including phenoxy) is 1. The normalized spacial score (nSPS) is 12.5. The van der Waals surface area contributed by atoms with Crippen LogP contribution in [0.15, 0.2) is 0 Å². The van der Waals surface area contributed by atoms with E-state index in [9.17, 15) is 4.79 Å². The molecule has 0 rings (SSSR count). The smallest absolute Gasteiger partial charge is 0.305 e. The molecule has 0 saturated heterocycles. The van der Waals surface area contributed by atoms with E-state index in [0.29, 0.717) is 18.3 Å². The van der Waals surface area contributed by atoms with E-state index in [1.165, 1.54) is 12.8 Å². The first kappa shape index (κ1) is 13.8. The summed E-state index contributed by atoms with van der Waals surface area (Å²) in [6.45, 7) is 4.76. The fraction of sp³-hybridized carbons (Fsp3) is 0.909. The molecule has 0 amide bonds. The predicted octanol–water partition coefficient (Wildman–Crippen LogP) is 3.25. The zero-order valence-electron chi connectivity index (χ0n) is 9.54. The number of hydrogen-bond donors (Lipinski definition) is 0. The molecule has 0 bridgehead atoms. The van der Waals surface area contributed by atoms with Crippen molar-refractivity contribution in [3.8, 4) is 0 Å². The number of hydrogen-bond acceptors (Lipinski definition) is 3. The molecule has 3 heteroatoms.